The lowest BCUT2D eigenvalue weighted by Crippen LogP contribution is -2.22. The Morgan fingerprint density at radius 3 is 2.65 bits per heavy atom. The summed E-state index contributed by atoms with van der Waals surface area (Å²) in [5, 5.41) is 8.03. The van der Waals surface area contributed by atoms with Gasteiger partial charge in [-0.05, 0) is 44.2 Å². The zero-order valence-electron chi connectivity index (χ0n) is 15.6. The highest BCUT2D eigenvalue weighted by Gasteiger charge is 2.20. The highest BCUT2D eigenvalue weighted by molar-refractivity contribution is 5.72. The zero-order chi connectivity index (χ0) is 17.9. The molecule has 7 nitrogen and oxygen atoms in total. The van der Waals surface area contributed by atoms with Crippen LogP contribution in [0.15, 0.2) is 30.9 Å². The van der Waals surface area contributed by atoms with Crippen molar-refractivity contribution < 1.29 is 0 Å². The fourth-order valence-corrected chi connectivity index (χ4v) is 3.47. The van der Waals surface area contributed by atoms with Gasteiger partial charge in [-0.1, -0.05) is 13.8 Å². The number of nitrogens with one attached hydrogen (secondary N) is 1. The van der Waals surface area contributed by atoms with Crippen molar-refractivity contribution in [2.45, 2.75) is 52.0 Å². The van der Waals surface area contributed by atoms with Gasteiger partial charge in [0, 0.05) is 31.5 Å². The van der Waals surface area contributed by atoms with Crippen LogP contribution in [0.25, 0.3) is 5.52 Å². The molecule has 4 heterocycles. The molecule has 3 aromatic rings. The predicted molar refractivity (Wildman–Crippen MR) is 104 cm³/mol. The Bertz CT molecular complexity index is 856. The van der Waals surface area contributed by atoms with Gasteiger partial charge in [0.15, 0.2) is 5.82 Å². The molecule has 0 atom stereocenters. The molecule has 0 spiro atoms. The number of hydrogen-bond donors (Lipinski definition) is 1. The third-order valence-corrected chi connectivity index (χ3v) is 5.11. The summed E-state index contributed by atoms with van der Waals surface area (Å²) in [4.78, 5) is 11.5. The van der Waals surface area contributed by atoms with E-state index in [1.54, 1.807) is 0 Å². The van der Waals surface area contributed by atoms with Crippen LogP contribution in [0.4, 0.5) is 17.6 Å². The first-order valence-electron chi connectivity index (χ1n) is 9.78. The highest BCUT2D eigenvalue weighted by atomic mass is 15.4. The molecule has 1 N–H and O–H groups in total. The van der Waals surface area contributed by atoms with E-state index in [0.29, 0.717) is 6.04 Å². The summed E-state index contributed by atoms with van der Waals surface area (Å²) in [7, 11) is 0. The van der Waals surface area contributed by atoms with Gasteiger partial charge < -0.3 is 14.8 Å². The Labute approximate surface area is 154 Å². The fourth-order valence-electron chi connectivity index (χ4n) is 3.47. The second-order valence-electron chi connectivity index (χ2n) is 6.71. The van der Waals surface area contributed by atoms with Crippen molar-refractivity contribution in [3.05, 3.63) is 30.9 Å². The molecule has 26 heavy (non-hydrogen) atoms. The second-order valence-corrected chi connectivity index (χ2v) is 6.71. The summed E-state index contributed by atoms with van der Waals surface area (Å²) in [6, 6.07) is 4.64. The van der Waals surface area contributed by atoms with Crippen LogP contribution in [0, 0.1) is 0 Å². The predicted octanol–water partition coefficient (Wildman–Crippen LogP) is 4.02. The topological polar surface area (TPSA) is 63.3 Å². The van der Waals surface area contributed by atoms with Crippen molar-refractivity contribution in [2.24, 2.45) is 0 Å². The summed E-state index contributed by atoms with van der Waals surface area (Å²) >= 11 is 0. The van der Waals surface area contributed by atoms with Crippen molar-refractivity contribution >= 4 is 23.1 Å². The monoisotopic (exact) mass is 353 g/mol. The van der Waals surface area contributed by atoms with Crippen LogP contribution in [0.3, 0.4) is 0 Å². The van der Waals surface area contributed by atoms with Gasteiger partial charge in [-0.2, -0.15) is 4.98 Å². The summed E-state index contributed by atoms with van der Waals surface area (Å²) in [6.45, 7) is 6.06. The molecule has 0 radical (unpaired) electrons. The first kappa shape index (κ1) is 16.9. The summed E-state index contributed by atoms with van der Waals surface area (Å²) < 4.78 is 4.11. The summed E-state index contributed by atoms with van der Waals surface area (Å²) in [5.41, 5.74) is 0.969. The molecular formula is C19H27N7. The average Bonchev–Trinajstić information content (AvgIpc) is 3.37. The van der Waals surface area contributed by atoms with E-state index in [1.807, 2.05) is 43.0 Å². The minimum atomic E-state index is 0.618. The SMILES string of the molecule is CC.c1cc2c(Nc3cn(C4CCC4)cn3)nc(N3CCCC3)nn2c1. The van der Waals surface area contributed by atoms with E-state index in [0.717, 1.165) is 36.2 Å². The van der Waals surface area contributed by atoms with Gasteiger partial charge in [0.25, 0.3) is 0 Å². The van der Waals surface area contributed by atoms with E-state index < -0.39 is 0 Å². The summed E-state index contributed by atoms with van der Waals surface area (Å²) in [6.07, 6.45) is 12.2. The first-order chi connectivity index (χ1) is 12.9. The molecule has 0 bridgehead atoms. The number of imidazole rings is 1. The normalized spacial score (nSPS) is 17.1. The van der Waals surface area contributed by atoms with Crippen LogP contribution in [-0.2, 0) is 0 Å². The number of nitrogens with zero attached hydrogens (tertiary/aromatic N) is 6. The highest BCUT2D eigenvalue weighted by Crippen LogP contribution is 2.32. The van der Waals surface area contributed by atoms with E-state index in [9.17, 15) is 0 Å². The number of fused-ring (bicyclic) bond motifs is 1. The molecule has 3 aromatic heterocycles. The smallest absolute Gasteiger partial charge is 0.245 e. The minimum Gasteiger partial charge on any atom is -0.340 e. The summed E-state index contributed by atoms with van der Waals surface area (Å²) in [5.74, 6) is 2.45. The Morgan fingerprint density at radius 1 is 1.12 bits per heavy atom. The van der Waals surface area contributed by atoms with Crippen LogP contribution < -0.4 is 10.2 Å². The van der Waals surface area contributed by atoms with Gasteiger partial charge in [0.2, 0.25) is 5.95 Å². The van der Waals surface area contributed by atoms with Crippen LogP contribution in [0.1, 0.15) is 52.0 Å². The van der Waals surface area contributed by atoms with Crippen molar-refractivity contribution in [2.75, 3.05) is 23.3 Å². The van der Waals surface area contributed by atoms with Gasteiger partial charge in [-0.25, -0.2) is 9.50 Å². The van der Waals surface area contributed by atoms with Gasteiger partial charge >= 0.3 is 0 Å². The Hall–Kier alpha value is -2.57. The van der Waals surface area contributed by atoms with E-state index in [4.69, 9.17) is 4.98 Å². The van der Waals surface area contributed by atoms with Crippen molar-refractivity contribution in [1.82, 2.24) is 24.1 Å². The lowest BCUT2D eigenvalue weighted by Gasteiger charge is -2.26. The Balaban J connectivity index is 0.000000814. The lowest BCUT2D eigenvalue weighted by molar-refractivity contribution is 0.313. The number of aromatic nitrogens is 5. The van der Waals surface area contributed by atoms with Crippen LogP contribution in [0.2, 0.25) is 0 Å². The zero-order valence-corrected chi connectivity index (χ0v) is 15.6. The van der Waals surface area contributed by atoms with E-state index in [2.05, 4.69) is 31.1 Å². The molecule has 1 aliphatic carbocycles. The van der Waals surface area contributed by atoms with Gasteiger partial charge in [-0.15, -0.1) is 5.10 Å². The largest absolute Gasteiger partial charge is 0.340 e. The standard InChI is InChI=1S/C17H21N7.C2H6/c1-2-9-22(8-1)17-20-16(14-7-4-10-24(14)21-17)19-15-11-23(12-18-15)13-5-3-6-13;1-2/h4,7,10-13H,1-3,5-6,8-9H2,(H,19,20,21);1-2H3. The quantitative estimate of drug-likeness (QED) is 0.767. The van der Waals surface area contributed by atoms with Gasteiger partial charge in [0.1, 0.15) is 11.3 Å². The second kappa shape index (κ2) is 7.35. The molecular weight excluding hydrogens is 326 g/mol. The van der Waals surface area contributed by atoms with Crippen LogP contribution in [0.5, 0.6) is 0 Å². The fraction of sp³-hybridized carbons (Fsp3) is 0.526. The van der Waals surface area contributed by atoms with Crippen molar-refractivity contribution in [3.63, 3.8) is 0 Å². The number of rotatable bonds is 4. The van der Waals surface area contributed by atoms with Gasteiger partial charge in [0.05, 0.1) is 6.33 Å². The molecule has 1 saturated heterocycles. The van der Waals surface area contributed by atoms with E-state index in [1.165, 1.54) is 32.1 Å². The molecule has 0 aromatic carbocycles. The maximum atomic E-state index is 4.77. The minimum absolute atomic E-state index is 0.618. The van der Waals surface area contributed by atoms with Crippen LogP contribution in [-0.4, -0.2) is 37.2 Å². The lowest BCUT2D eigenvalue weighted by atomic mass is 9.93. The molecule has 2 aliphatic rings. The molecule has 138 valence electrons. The third kappa shape index (κ3) is 3.13. The molecule has 5 rings (SSSR count). The van der Waals surface area contributed by atoms with Crippen molar-refractivity contribution in [3.8, 4) is 0 Å². The Morgan fingerprint density at radius 2 is 1.92 bits per heavy atom. The molecule has 1 saturated carbocycles. The molecule has 7 heteroatoms. The molecule has 2 fully saturated rings. The van der Waals surface area contributed by atoms with Crippen LogP contribution >= 0.6 is 0 Å². The van der Waals surface area contributed by atoms with E-state index in [-0.39, 0.29) is 0 Å². The van der Waals surface area contributed by atoms with Crippen molar-refractivity contribution in [1.29, 1.82) is 0 Å². The molecule has 0 unspecified atom stereocenters. The molecule has 0 amide bonds. The average molecular weight is 353 g/mol. The maximum Gasteiger partial charge on any atom is 0.245 e. The van der Waals surface area contributed by atoms with Gasteiger partial charge in [-0.3, -0.25) is 0 Å². The Kier molecular flexibility index (Phi) is 4.77. The number of anilines is 3. The first-order valence-corrected chi connectivity index (χ1v) is 9.78. The number of hydrogen-bond acceptors (Lipinski definition) is 5. The molecule has 1 aliphatic heterocycles. The maximum absolute atomic E-state index is 4.77. The third-order valence-electron chi connectivity index (χ3n) is 5.11. The van der Waals surface area contributed by atoms with E-state index >= 15 is 0 Å².